The number of aromatic nitrogens is 4. The zero-order valence-electron chi connectivity index (χ0n) is 20.2. The van der Waals surface area contributed by atoms with Crippen molar-refractivity contribution in [2.45, 2.75) is 39.3 Å². The molecule has 0 aliphatic carbocycles. The summed E-state index contributed by atoms with van der Waals surface area (Å²) < 4.78 is 16.5. The monoisotopic (exact) mass is 482 g/mol. The molecular formula is C28H26N4O4. The summed E-state index contributed by atoms with van der Waals surface area (Å²) in [4.78, 5) is 31.2. The lowest BCUT2D eigenvalue weighted by Crippen LogP contribution is -2.21. The SMILES string of the molecule is CCCCCn1c(=O)c2ccccc2c2nc3n(Cc4ccco4)c4ccc(C(=O)OC)cc4n3c21. The van der Waals surface area contributed by atoms with Gasteiger partial charge in [0.1, 0.15) is 16.9 Å². The van der Waals surface area contributed by atoms with Gasteiger partial charge < -0.3 is 13.7 Å². The Balaban J connectivity index is 1.77. The van der Waals surface area contributed by atoms with Gasteiger partial charge >= 0.3 is 5.97 Å². The molecule has 0 aliphatic rings. The van der Waals surface area contributed by atoms with Gasteiger partial charge in [-0.25, -0.2) is 9.78 Å². The number of aryl methyl sites for hydroxylation is 1. The van der Waals surface area contributed by atoms with Crippen molar-refractivity contribution in [2.75, 3.05) is 7.11 Å². The van der Waals surface area contributed by atoms with E-state index in [1.54, 1.807) is 12.3 Å². The standard InChI is InChI=1S/C28H26N4O4/c1-3-4-7-14-30-25-24(20-10-5-6-11-21(20)26(30)33)29-28-31(17-19-9-8-15-36-19)22-13-12-18(27(34)35-2)16-23(22)32(25)28/h5-6,8-13,15-16H,3-4,7,14,17H2,1-2H3. The van der Waals surface area contributed by atoms with E-state index in [2.05, 4.69) is 11.5 Å². The van der Waals surface area contributed by atoms with Gasteiger partial charge in [-0.1, -0.05) is 38.0 Å². The zero-order chi connectivity index (χ0) is 24.8. The Morgan fingerprint density at radius 1 is 1.00 bits per heavy atom. The van der Waals surface area contributed by atoms with Crippen LogP contribution in [-0.4, -0.2) is 31.6 Å². The minimum absolute atomic E-state index is 0.0351. The molecule has 0 saturated carbocycles. The van der Waals surface area contributed by atoms with E-state index >= 15 is 0 Å². The molecule has 0 saturated heterocycles. The van der Waals surface area contributed by atoms with E-state index < -0.39 is 5.97 Å². The van der Waals surface area contributed by atoms with Gasteiger partial charge in [-0.15, -0.1) is 0 Å². The summed E-state index contributed by atoms with van der Waals surface area (Å²) in [7, 11) is 1.37. The number of benzene rings is 2. The Labute approximate surface area is 206 Å². The molecule has 0 unspecified atom stereocenters. The first-order chi connectivity index (χ1) is 17.6. The Morgan fingerprint density at radius 3 is 2.58 bits per heavy atom. The number of nitrogens with zero attached hydrogens (tertiary/aromatic N) is 4. The van der Waals surface area contributed by atoms with Gasteiger partial charge in [0.25, 0.3) is 5.56 Å². The Kier molecular flexibility index (Phi) is 5.36. The maximum atomic E-state index is 13.7. The molecule has 0 spiro atoms. The average Bonchev–Trinajstić information content (AvgIpc) is 3.62. The van der Waals surface area contributed by atoms with Crippen LogP contribution in [-0.2, 0) is 17.8 Å². The van der Waals surface area contributed by atoms with E-state index in [0.29, 0.717) is 29.8 Å². The van der Waals surface area contributed by atoms with E-state index in [4.69, 9.17) is 14.1 Å². The molecule has 36 heavy (non-hydrogen) atoms. The average molecular weight is 483 g/mol. The molecule has 0 fully saturated rings. The molecule has 0 atom stereocenters. The fraction of sp³-hybridized carbons (Fsp3) is 0.250. The first kappa shape index (κ1) is 22.2. The smallest absolute Gasteiger partial charge is 0.337 e. The fourth-order valence-electron chi connectivity index (χ4n) is 5.08. The summed E-state index contributed by atoms with van der Waals surface area (Å²) in [5, 5.41) is 1.47. The number of fused-ring (bicyclic) bond motifs is 7. The summed E-state index contributed by atoms with van der Waals surface area (Å²) in [5.74, 6) is 1.04. The molecule has 0 bridgehead atoms. The highest BCUT2D eigenvalue weighted by Crippen LogP contribution is 2.31. The second-order valence-electron chi connectivity index (χ2n) is 8.99. The number of esters is 1. The van der Waals surface area contributed by atoms with Crippen molar-refractivity contribution >= 4 is 44.7 Å². The van der Waals surface area contributed by atoms with Crippen LogP contribution in [0, 0.1) is 0 Å². The van der Waals surface area contributed by atoms with E-state index in [9.17, 15) is 9.59 Å². The first-order valence-corrected chi connectivity index (χ1v) is 12.2. The summed E-state index contributed by atoms with van der Waals surface area (Å²) in [6, 6.07) is 16.8. The minimum atomic E-state index is -0.418. The molecule has 0 amide bonds. The van der Waals surface area contributed by atoms with Crippen LogP contribution in [0.2, 0.25) is 0 Å². The molecule has 0 N–H and O–H groups in total. The lowest BCUT2D eigenvalue weighted by Gasteiger charge is -2.11. The van der Waals surface area contributed by atoms with Gasteiger partial charge in [-0.3, -0.25) is 13.8 Å². The normalized spacial score (nSPS) is 11.8. The molecule has 0 aliphatic heterocycles. The highest BCUT2D eigenvalue weighted by molar-refractivity contribution is 6.05. The van der Waals surface area contributed by atoms with Crippen molar-refractivity contribution in [3.8, 4) is 0 Å². The van der Waals surface area contributed by atoms with Gasteiger partial charge in [-0.2, -0.15) is 0 Å². The third-order valence-corrected chi connectivity index (χ3v) is 6.80. The van der Waals surface area contributed by atoms with E-state index in [1.807, 2.05) is 57.5 Å². The highest BCUT2D eigenvalue weighted by Gasteiger charge is 2.23. The molecule has 182 valence electrons. The zero-order valence-corrected chi connectivity index (χ0v) is 20.2. The number of unbranched alkanes of at least 4 members (excludes halogenated alkanes) is 2. The van der Waals surface area contributed by atoms with Crippen LogP contribution in [0.4, 0.5) is 0 Å². The number of pyridine rings is 1. The van der Waals surface area contributed by atoms with Gasteiger partial charge in [-0.05, 0) is 42.8 Å². The predicted octanol–water partition coefficient (Wildman–Crippen LogP) is 5.38. The summed E-state index contributed by atoms with van der Waals surface area (Å²) in [5.41, 5.74) is 3.55. The summed E-state index contributed by atoms with van der Waals surface area (Å²) in [6.07, 6.45) is 4.61. The number of carbonyl (C=O) groups is 1. The predicted molar refractivity (Wildman–Crippen MR) is 139 cm³/mol. The van der Waals surface area contributed by atoms with Crippen molar-refractivity contribution in [3.63, 3.8) is 0 Å². The van der Waals surface area contributed by atoms with Gasteiger partial charge in [0.2, 0.25) is 5.78 Å². The number of carbonyl (C=O) groups excluding carboxylic acids is 1. The van der Waals surface area contributed by atoms with Crippen molar-refractivity contribution in [1.82, 2.24) is 18.5 Å². The molecule has 6 rings (SSSR count). The van der Waals surface area contributed by atoms with Gasteiger partial charge in [0, 0.05) is 17.3 Å². The van der Waals surface area contributed by atoms with Gasteiger partial charge in [0.15, 0.2) is 0 Å². The lowest BCUT2D eigenvalue weighted by atomic mass is 10.1. The Bertz CT molecular complexity index is 1800. The molecule has 8 heteroatoms. The minimum Gasteiger partial charge on any atom is -0.467 e. The van der Waals surface area contributed by atoms with Crippen LogP contribution >= 0.6 is 0 Å². The fourth-order valence-corrected chi connectivity index (χ4v) is 5.08. The lowest BCUT2D eigenvalue weighted by molar-refractivity contribution is 0.0601. The van der Waals surface area contributed by atoms with Crippen LogP contribution in [0.15, 0.2) is 70.1 Å². The molecule has 2 aromatic carbocycles. The van der Waals surface area contributed by atoms with Crippen molar-refractivity contribution < 1.29 is 13.9 Å². The maximum absolute atomic E-state index is 13.7. The number of imidazole rings is 2. The van der Waals surface area contributed by atoms with Gasteiger partial charge in [0.05, 0.1) is 36.5 Å². The first-order valence-electron chi connectivity index (χ1n) is 12.2. The maximum Gasteiger partial charge on any atom is 0.337 e. The third kappa shape index (κ3) is 3.32. The molecular weight excluding hydrogens is 456 g/mol. The number of ether oxygens (including phenoxy) is 1. The van der Waals surface area contributed by atoms with Crippen molar-refractivity contribution in [1.29, 1.82) is 0 Å². The summed E-state index contributed by atoms with van der Waals surface area (Å²) >= 11 is 0. The summed E-state index contributed by atoms with van der Waals surface area (Å²) in [6.45, 7) is 3.19. The largest absolute Gasteiger partial charge is 0.467 e. The molecule has 4 aromatic heterocycles. The molecule has 6 aromatic rings. The van der Waals surface area contributed by atoms with Crippen molar-refractivity contribution in [3.05, 3.63) is 82.5 Å². The molecule has 4 heterocycles. The number of hydrogen-bond donors (Lipinski definition) is 0. The third-order valence-electron chi connectivity index (χ3n) is 6.80. The van der Waals surface area contributed by atoms with Crippen LogP contribution in [0.3, 0.4) is 0 Å². The van der Waals surface area contributed by atoms with E-state index in [-0.39, 0.29) is 5.56 Å². The highest BCUT2D eigenvalue weighted by atomic mass is 16.5. The van der Waals surface area contributed by atoms with Crippen LogP contribution < -0.4 is 5.56 Å². The Morgan fingerprint density at radius 2 is 1.83 bits per heavy atom. The number of rotatable bonds is 7. The number of furan rings is 1. The Hall–Kier alpha value is -4.33. The second kappa shape index (κ2) is 8.71. The molecule has 0 radical (unpaired) electrons. The van der Waals surface area contributed by atoms with Crippen LogP contribution in [0.1, 0.15) is 42.3 Å². The second-order valence-corrected chi connectivity index (χ2v) is 8.99. The molecule has 8 nitrogen and oxygen atoms in total. The number of hydrogen-bond acceptors (Lipinski definition) is 5. The van der Waals surface area contributed by atoms with Crippen LogP contribution in [0.5, 0.6) is 0 Å². The number of methoxy groups -OCH3 is 1. The topological polar surface area (TPSA) is 83.7 Å². The van der Waals surface area contributed by atoms with E-state index in [0.717, 1.165) is 52.6 Å². The van der Waals surface area contributed by atoms with Crippen LogP contribution in [0.25, 0.3) is 38.7 Å². The van der Waals surface area contributed by atoms with Crippen molar-refractivity contribution in [2.24, 2.45) is 0 Å². The van der Waals surface area contributed by atoms with E-state index in [1.165, 1.54) is 7.11 Å². The quantitative estimate of drug-likeness (QED) is 0.225.